The first-order valence-corrected chi connectivity index (χ1v) is 14.4. The van der Waals surface area contributed by atoms with Crippen molar-refractivity contribution in [3.8, 4) is 17.2 Å². The van der Waals surface area contributed by atoms with Crippen LogP contribution in [0.25, 0.3) is 5.65 Å². The van der Waals surface area contributed by atoms with Crippen molar-refractivity contribution in [2.45, 2.75) is 38.0 Å². The van der Waals surface area contributed by atoms with Crippen LogP contribution in [0.15, 0.2) is 67.1 Å². The number of pyridine rings is 1. The summed E-state index contributed by atoms with van der Waals surface area (Å²) >= 11 is 0. The molecule has 2 aliphatic heterocycles. The van der Waals surface area contributed by atoms with Gasteiger partial charge in [0, 0.05) is 57.1 Å². The molecule has 0 aliphatic carbocycles. The largest absolute Gasteiger partial charge is 0.493 e. The van der Waals surface area contributed by atoms with Crippen molar-refractivity contribution in [2.75, 3.05) is 26.8 Å². The SMILES string of the molecule is COc1ccc2cc1OCC(=O)N[C@@H]1CN(C(=O)c3ccc4nccn4c3)CC[C@H]1Oc1cc(F)cc(c1)CNC(=O)CC2. The summed E-state index contributed by atoms with van der Waals surface area (Å²) in [5, 5.41) is 5.80. The molecule has 0 spiro atoms. The molecule has 0 unspecified atom stereocenters. The fourth-order valence-electron chi connectivity index (χ4n) is 5.52. The molecule has 4 aromatic rings. The van der Waals surface area contributed by atoms with E-state index in [-0.39, 0.29) is 43.7 Å². The number of ether oxygens (including phenoxy) is 3. The Kier molecular flexibility index (Phi) is 8.31. The van der Waals surface area contributed by atoms with Crippen LogP contribution in [0.3, 0.4) is 0 Å². The third kappa shape index (κ3) is 6.59. The summed E-state index contributed by atoms with van der Waals surface area (Å²) in [5.41, 5.74) is 2.57. The topological polar surface area (TPSA) is 124 Å². The van der Waals surface area contributed by atoms with Gasteiger partial charge >= 0.3 is 0 Å². The molecule has 0 radical (unpaired) electrons. The maximum Gasteiger partial charge on any atom is 0.258 e. The van der Waals surface area contributed by atoms with Crippen molar-refractivity contribution in [1.82, 2.24) is 24.9 Å². The highest BCUT2D eigenvalue weighted by atomic mass is 19.1. The van der Waals surface area contributed by atoms with Gasteiger partial charge in [0.25, 0.3) is 11.8 Å². The second-order valence-electron chi connectivity index (χ2n) is 10.8. The molecule has 11 nitrogen and oxygen atoms in total. The number of aryl methyl sites for hydroxylation is 1. The predicted molar refractivity (Wildman–Crippen MR) is 157 cm³/mol. The highest BCUT2D eigenvalue weighted by molar-refractivity contribution is 5.94. The Hall–Kier alpha value is -5.13. The molecule has 0 saturated carbocycles. The molecule has 1 saturated heterocycles. The molecule has 1 fully saturated rings. The van der Waals surface area contributed by atoms with Crippen molar-refractivity contribution in [3.05, 3.63) is 89.6 Å². The van der Waals surface area contributed by atoms with E-state index in [4.69, 9.17) is 14.2 Å². The smallest absolute Gasteiger partial charge is 0.258 e. The van der Waals surface area contributed by atoms with Crippen LogP contribution in [0.1, 0.15) is 34.3 Å². The van der Waals surface area contributed by atoms with E-state index < -0.39 is 23.9 Å². The number of imidazole rings is 1. The number of benzene rings is 2. The molecule has 4 bridgehead atoms. The van der Waals surface area contributed by atoms with Crippen LogP contribution < -0.4 is 24.8 Å². The molecule has 4 heterocycles. The number of hydrogen-bond donors (Lipinski definition) is 2. The zero-order valence-corrected chi connectivity index (χ0v) is 24.1. The maximum atomic E-state index is 14.6. The summed E-state index contributed by atoms with van der Waals surface area (Å²) in [5.74, 6) is -0.245. The van der Waals surface area contributed by atoms with E-state index in [0.717, 1.165) is 11.2 Å². The molecule has 2 aliphatic rings. The lowest BCUT2D eigenvalue weighted by molar-refractivity contribution is -0.125. The summed E-state index contributed by atoms with van der Waals surface area (Å²) in [6.07, 6.45) is 5.59. The number of likely N-dealkylation sites (tertiary alicyclic amines) is 1. The lowest BCUT2D eigenvalue weighted by Gasteiger charge is -2.39. The van der Waals surface area contributed by atoms with Gasteiger partial charge in [0.15, 0.2) is 18.1 Å². The number of nitrogens with one attached hydrogen (secondary N) is 2. The number of methoxy groups -OCH3 is 1. The fraction of sp³-hybridized carbons (Fsp3) is 0.312. The van der Waals surface area contributed by atoms with Gasteiger partial charge in [0.05, 0.1) is 18.7 Å². The van der Waals surface area contributed by atoms with Crippen molar-refractivity contribution in [2.24, 2.45) is 0 Å². The Balaban J connectivity index is 1.27. The van der Waals surface area contributed by atoms with Crippen molar-refractivity contribution < 1.29 is 33.0 Å². The number of carbonyl (C=O) groups excluding carboxylic acids is 3. The van der Waals surface area contributed by atoms with Crippen LogP contribution in [0.2, 0.25) is 0 Å². The summed E-state index contributed by atoms with van der Waals surface area (Å²) in [4.78, 5) is 45.2. The zero-order chi connectivity index (χ0) is 30.6. The van der Waals surface area contributed by atoms with E-state index in [1.54, 1.807) is 58.2 Å². The van der Waals surface area contributed by atoms with Crippen LogP contribution in [-0.4, -0.2) is 71.0 Å². The molecule has 2 atom stereocenters. The first-order valence-electron chi connectivity index (χ1n) is 14.4. The number of carbonyl (C=O) groups is 3. The second-order valence-corrected chi connectivity index (χ2v) is 10.8. The average molecular weight is 602 g/mol. The Bertz CT molecular complexity index is 1710. The minimum Gasteiger partial charge on any atom is -0.493 e. The third-order valence-electron chi connectivity index (χ3n) is 7.75. The number of nitrogens with zero attached hydrogens (tertiary/aromatic N) is 3. The van der Waals surface area contributed by atoms with Crippen molar-refractivity contribution in [1.29, 1.82) is 0 Å². The Morgan fingerprint density at radius 3 is 2.82 bits per heavy atom. The minimum atomic E-state index is -0.626. The molecule has 12 heteroatoms. The minimum absolute atomic E-state index is 0.123. The number of hydrogen-bond acceptors (Lipinski definition) is 7. The van der Waals surface area contributed by atoms with E-state index in [9.17, 15) is 18.8 Å². The number of piperidine rings is 1. The molecule has 228 valence electrons. The highest BCUT2D eigenvalue weighted by Crippen LogP contribution is 2.29. The van der Waals surface area contributed by atoms with Crippen LogP contribution in [0, 0.1) is 5.82 Å². The number of rotatable bonds is 2. The number of fused-ring (bicyclic) bond motifs is 6. The van der Waals surface area contributed by atoms with E-state index in [0.29, 0.717) is 42.0 Å². The number of halogens is 1. The summed E-state index contributed by atoms with van der Waals surface area (Å²) < 4.78 is 33.9. The Morgan fingerprint density at radius 2 is 1.95 bits per heavy atom. The van der Waals surface area contributed by atoms with Gasteiger partial charge in [-0.05, 0) is 53.9 Å². The quantitative estimate of drug-likeness (QED) is 0.362. The molecule has 44 heavy (non-hydrogen) atoms. The monoisotopic (exact) mass is 601 g/mol. The molecule has 2 N–H and O–H groups in total. The summed E-state index contributed by atoms with van der Waals surface area (Å²) in [6, 6.07) is 12.4. The Morgan fingerprint density at radius 1 is 1.07 bits per heavy atom. The van der Waals surface area contributed by atoms with E-state index in [2.05, 4.69) is 15.6 Å². The second kappa shape index (κ2) is 12.6. The molecule has 2 aromatic carbocycles. The van der Waals surface area contributed by atoms with Crippen LogP contribution in [-0.2, 0) is 22.6 Å². The average Bonchev–Trinajstić information content (AvgIpc) is 3.50. The molecule has 3 amide bonds. The van der Waals surface area contributed by atoms with Gasteiger partial charge in [0.1, 0.15) is 23.3 Å². The molecular weight excluding hydrogens is 569 g/mol. The zero-order valence-electron chi connectivity index (χ0n) is 24.1. The highest BCUT2D eigenvalue weighted by Gasteiger charge is 2.35. The Labute approximate surface area is 252 Å². The van der Waals surface area contributed by atoms with Gasteiger partial charge < -0.3 is 34.1 Å². The van der Waals surface area contributed by atoms with Crippen LogP contribution in [0.4, 0.5) is 4.39 Å². The van der Waals surface area contributed by atoms with Crippen molar-refractivity contribution in [3.63, 3.8) is 0 Å². The van der Waals surface area contributed by atoms with Gasteiger partial charge in [-0.15, -0.1) is 0 Å². The first-order chi connectivity index (χ1) is 21.3. The number of amides is 3. The van der Waals surface area contributed by atoms with Gasteiger partial charge in [-0.25, -0.2) is 9.37 Å². The summed E-state index contributed by atoms with van der Waals surface area (Å²) in [6.45, 7) is 0.321. The standard InChI is InChI=1S/C32H32FN5O6/c1-42-27-5-2-20-3-7-30(39)35-16-21-12-23(33)15-24(13-21)44-26-8-10-38(18-25(26)36-31(40)19-43-28(27)14-20)32(41)22-4-6-29-34-9-11-37(29)17-22/h2,4-6,9,11-15,17,25-26H,3,7-8,10,16,18-19H2,1H3,(H,35,39)(H,36,40)/t25-,26-/m1/s1. The number of aromatic nitrogens is 2. The van der Waals surface area contributed by atoms with Gasteiger partial charge in [-0.2, -0.15) is 0 Å². The lowest BCUT2D eigenvalue weighted by Crippen LogP contribution is -2.58. The molecule has 6 rings (SSSR count). The maximum absolute atomic E-state index is 14.6. The van der Waals surface area contributed by atoms with Gasteiger partial charge in [-0.3, -0.25) is 14.4 Å². The van der Waals surface area contributed by atoms with Crippen LogP contribution in [0.5, 0.6) is 17.2 Å². The summed E-state index contributed by atoms with van der Waals surface area (Å²) in [7, 11) is 1.51. The van der Waals surface area contributed by atoms with Crippen molar-refractivity contribution >= 4 is 23.4 Å². The van der Waals surface area contributed by atoms with E-state index >= 15 is 0 Å². The normalized spacial score (nSPS) is 19.4. The van der Waals surface area contributed by atoms with E-state index in [1.165, 1.54) is 19.2 Å². The first kappa shape index (κ1) is 29.0. The van der Waals surface area contributed by atoms with Gasteiger partial charge in [-0.1, -0.05) is 6.07 Å². The van der Waals surface area contributed by atoms with Crippen LogP contribution >= 0.6 is 0 Å². The molecule has 2 aromatic heterocycles. The van der Waals surface area contributed by atoms with E-state index in [1.807, 2.05) is 6.07 Å². The predicted octanol–water partition coefficient (Wildman–Crippen LogP) is 2.90. The van der Waals surface area contributed by atoms with Gasteiger partial charge in [0.2, 0.25) is 5.91 Å². The lowest BCUT2D eigenvalue weighted by atomic mass is 10.0. The molecular formula is C32H32FN5O6. The fourth-order valence-corrected chi connectivity index (χ4v) is 5.52. The third-order valence-corrected chi connectivity index (χ3v) is 7.75.